The van der Waals surface area contributed by atoms with Gasteiger partial charge in [-0.05, 0) is 25.1 Å². The number of nitrogens with zero attached hydrogens (tertiary/aromatic N) is 1. The average molecular weight is 326 g/mol. The summed E-state index contributed by atoms with van der Waals surface area (Å²) in [5.41, 5.74) is 6.72. The first kappa shape index (κ1) is 13.0. The molecule has 0 saturated carbocycles. The summed E-state index contributed by atoms with van der Waals surface area (Å²) < 4.78 is 0.823. The van der Waals surface area contributed by atoms with Gasteiger partial charge in [0.05, 0.1) is 11.6 Å². The number of nitrogens with one attached hydrogen (secondary N) is 1. The first-order chi connectivity index (χ1) is 8.58. The number of hydrogen-bond donors (Lipinski definition) is 2. The molecule has 1 aromatic heterocycles. The number of anilines is 1. The van der Waals surface area contributed by atoms with E-state index in [0.717, 1.165) is 9.48 Å². The number of nitrogens with two attached hydrogens (primary N) is 1. The third-order valence-corrected chi connectivity index (χ3v) is 3.88. The molecule has 0 bridgehead atoms. The lowest BCUT2D eigenvalue weighted by Crippen LogP contribution is -2.27. The quantitative estimate of drug-likeness (QED) is 0.852. The largest absolute Gasteiger partial charge is 0.398 e. The van der Waals surface area contributed by atoms with Crippen LogP contribution in [0.4, 0.5) is 5.69 Å². The molecule has 3 N–H and O–H groups in total. The van der Waals surface area contributed by atoms with Gasteiger partial charge in [-0.3, -0.25) is 4.79 Å². The third-order valence-electron chi connectivity index (χ3n) is 2.43. The van der Waals surface area contributed by atoms with E-state index in [2.05, 4.69) is 26.2 Å². The molecule has 18 heavy (non-hydrogen) atoms. The van der Waals surface area contributed by atoms with Crippen molar-refractivity contribution in [3.8, 4) is 0 Å². The number of carbonyl (C=O) groups excluding carboxylic acids is 1. The summed E-state index contributed by atoms with van der Waals surface area (Å²) in [5.74, 6) is -0.198. The highest BCUT2D eigenvalue weighted by Gasteiger charge is 2.15. The summed E-state index contributed by atoms with van der Waals surface area (Å²) in [6, 6.07) is 5.08. The fraction of sp³-hybridized carbons (Fsp3) is 0.167. The zero-order valence-corrected chi connectivity index (χ0v) is 12.1. The van der Waals surface area contributed by atoms with Gasteiger partial charge in [-0.25, -0.2) is 4.98 Å². The smallest absolute Gasteiger partial charge is 0.253 e. The molecule has 6 heteroatoms. The van der Waals surface area contributed by atoms with Gasteiger partial charge in [0.1, 0.15) is 5.01 Å². The van der Waals surface area contributed by atoms with Gasteiger partial charge in [-0.15, -0.1) is 11.3 Å². The van der Waals surface area contributed by atoms with Crippen molar-refractivity contribution in [2.75, 3.05) is 5.73 Å². The Morgan fingerprint density at radius 2 is 2.33 bits per heavy atom. The van der Waals surface area contributed by atoms with Crippen molar-refractivity contribution in [3.05, 3.63) is 44.8 Å². The number of carbonyl (C=O) groups is 1. The number of benzene rings is 1. The Labute approximate surface area is 117 Å². The Balaban J connectivity index is 2.15. The molecule has 1 atom stereocenters. The highest BCUT2D eigenvalue weighted by atomic mass is 79.9. The van der Waals surface area contributed by atoms with Crippen LogP contribution in [0.1, 0.15) is 28.3 Å². The number of hydrogen-bond acceptors (Lipinski definition) is 4. The fourth-order valence-electron chi connectivity index (χ4n) is 1.51. The van der Waals surface area contributed by atoms with Crippen LogP contribution in [0.15, 0.2) is 34.2 Å². The Bertz CT molecular complexity index is 556. The van der Waals surface area contributed by atoms with E-state index in [0.29, 0.717) is 11.3 Å². The number of nitrogen functional groups attached to an aromatic ring is 1. The molecule has 1 unspecified atom stereocenters. The number of halogens is 1. The van der Waals surface area contributed by atoms with Gasteiger partial charge in [0.15, 0.2) is 0 Å². The van der Waals surface area contributed by atoms with Gasteiger partial charge in [0.2, 0.25) is 0 Å². The van der Waals surface area contributed by atoms with E-state index in [-0.39, 0.29) is 11.9 Å². The first-order valence-electron chi connectivity index (χ1n) is 5.33. The van der Waals surface area contributed by atoms with Crippen LogP contribution in [0.2, 0.25) is 0 Å². The van der Waals surface area contributed by atoms with E-state index in [1.807, 2.05) is 12.3 Å². The molecule has 1 aromatic carbocycles. The van der Waals surface area contributed by atoms with Gasteiger partial charge in [0.25, 0.3) is 5.91 Å². The lowest BCUT2D eigenvalue weighted by molar-refractivity contribution is 0.0940. The number of amides is 1. The lowest BCUT2D eigenvalue weighted by atomic mass is 10.1. The van der Waals surface area contributed by atoms with Crippen LogP contribution in [0.25, 0.3) is 0 Å². The minimum Gasteiger partial charge on any atom is -0.398 e. The van der Waals surface area contributed by atoms with Gasteiger partial charge in [0, 0.05) is 21.7 Å². The molecule has 0 aliphatic carbocycles. The van der Waals surface area contributed by atoms with Crippen LogP contribution >= 0.6 is 27.3 Å². The zero-order chi connectivity index (χ0) is 13.1. The van der Waals surface area contributed by atoms with Crippen molar-refractivity contribution >= 4 is 38.9 Å². The zero-order valence-electron chi connectivity index (χ0n) is 9.68. The number of thiazole rings is 1. The molecule has 0 aliphatic rings. The second kappa shape index (κ2) is 5.49. The van der Waals surface area contributed by atoms with Crippen molar-refractivity contribution in [1.29, 1.82) is 0 Å². The van der Waals surface area contributed by atoms with Crippen molar-refractivity contribution < 1.29 is 4.79 Å². The molecule has 4 nitrogen and oxygen atoms in total. The van der Waals surface area contributed by atoms with Crippen LogP contribution in [0, 0.1) is 0 Å². The van der Waals surface area contributed by atoms with Crippen molar-refractivity contribution in [3.63, 3.8) is 0 Å². The molecule has 2 rings (SSSR count). The van der Waals surface area contributed by atoms with Crippen molar-refractivity contribution in [1.82, 2.24) is 10.3 Å². The van der Waals surface area contributed by atoms with Crippen LogP contribution in [-0.2, 0) is 0 Å². The Morgan fingerprint density at radius 3 is 3.00 bits per heavy atom. The monoisotopic (exact) mass is 325 g/mol. The summed E-state index contributed by atoms with van der Waals surface area (Å²) >= 11 is 4.83. The second-order valence-corrected chi connectivity index (χ2v) is 5.64. The maximum absolute atomic E-state index is 12.1. The van der Waals surface area contributed by atoms with Crippen molar-refractivity contribution in [2.45, 2.75) is 13.0 Å². The van der Waals surface area contributed by atoms with Crippen LogP contribution in [0.3, 0.4) is 0 Å². The Kier molecular flexibility index (Phi) is 3.98. The standard InChI is InChI=1S/C12H12BrN3OS/c1-7(12-15-4-5-18-12)16-11(17)9-6-8(13)2-3-10(9)14/h2-7H,14H2,1H3,(H,16,17). The highest BCUT2D eigenvalue weighted by molar-refractivity contribution is 9.10. The third kappa shape index (κ3) is 2.88. The minimum atomic E-state index is -0.198. The van der Waals surface area contributed by atoms with E-state index in [1.54, 1.807) is 24.4 Å². The lowest BCUT2D eigenvalue weighted by Gasteiger charge is -2.12. The maximum atomic E-state index is 12.1. The SMILES string of the molecule is CC(NC(=O)c1cc(Br)ccc1N)c1nccs1. The molecule has 1 amide bonds. The molecule has 0 fully saturated rings. The molecule has 0 aliphatic heterocycles. The molecule has 1 heterocycles. The van der Waals surface area contributed by atoms with Gasteiger partial charge < -0.3 is 11.1 Å². The average Bonchev–Trinajstić information content (AvgIpc) is 2.85. The van der Waals surface area contributed by atoms with Crippen LogP contribution < -0.4 is 11.1 Å². The van der Waals surface area contributed by atoms with Gasteiger partial charge in [-0.2, -0.15) is 0 Å². The van der Waals surface area contributed by atoms with Gasteiger partial charge >= 0.3 is 0 Å². The first-order valence-corrected chi connectivity index (χ1v) is 7.00. The summed E-state index contributed by atoms with van der Waals surface area (Å²) in [5, 5.41) is 5.63. The van der Waals surface area contributed by atoms with Crippen molar-refractivity contribution in [2.24, 2.45) is 0 Å². The maximum Gasteiger partial charge on any atom is 0.253 e. The summed E-state index contributed by atoms with van der Waals surface area (Å²) in [6.45, 7) is 1.89. The summed E-state index contributed by atoms with van der Waals surface area (Å²) in [6.07, 6.45) is 1.72. The van der Waals surface area contributed by atoms with E-state index >= 15 is 0 Å². The molecule has 94 valence electrons. The molecule has 2 aromatic rings. The summed E-state index contributed by atoms with van der Waals surface area (Å²) in [4.78, 5) is 16.3. The number of aromatic nitrogens is 1. The molecule has 0 radical (unpaired) electrons. The fourth-order valence-corrected chi connectivity index (χ4v) is 2.52. The molecule has 0 saturated heterocycles. The van der Waals surface area contributed by atoms with E-state index < -0.39 is 0 Å². The summed E-state index contributed by atoms with van der Waals surface area (Å²) in [7, 11) is 0. The second-order valence-electron chi connectivity index (χ2n) is 3.80. The highest BCUT2D eigenvalue weighted by Crippen LogP contribution is 2.20. The Morgan fingerprint density at radius 1 is 1.56 bits per heavy atom. The topological polar surface area (TPSA) is 68.0 Å². The normalized spacial score (nSPS) is 12.1. The predicted octanol–water partition coefficient (Wildman–Crippen LogP) is 2.98. The van der Waals surface area contributed by atoms with E-state index in [1.165, 1.54) is 11.3 Å². The van der Waals surface area contributed by atoms with Gasteiger partial charge in [-0.1, -0.05) is 15.9 Å². The Hall–Kier alpha value is -1.40. The van der Waals surface area contributed by atoms with E-state index in [4.69, 9.17) is 5.73 Å². The molecule has 0 spiro atoms. The van der Waals surface area contributed by atoms with E-state index in [9.17, 15) is 4.79 Å². The molecular weight excluding hydrogens is 314 g/mol. The van der Waals surface area contributed by atoms with Crippen LogP contribution in [-0.4, -0.2) is 10.9 Å². The molecular formula is C12H12BrN3OS. The predicted molar refractivity (Wildman–Crippen MR) is 76.5 cm³/mol. The number of rotatable bonds is 3. The van der Waals surface area contributed by atoms with Crippen LogP contribution in [0.5, 0.6) is 0 Å². The minimum absolute atomic E-state index is 0.129.